The fourth-order valence-corrected chi connectivity index (χ4v) is 1.61. The van der Waals surface area contributed by atoms with E-state index in [4.69, 9.17) is 20.6 Å². The third kappa shape index (κ3) is 4.92. The van der Waals surface area contributed by atoms with Crippen LogP contribution in [-0.2, 0) is 9.47 Å². The van der Waals surface area contributed by atoms with Crippen LogP contribution in [0.3, 0.4) is 0 Å². The summed E-state index contributed by atoms with van der Waals surface area (Å²) in [7, 11) is 0. The zero-order valence-corrected chi connectivity index (χ0v) is 10.2. The van der Waals surface area contributed by atoms with Crippen molar-refractivity contribution < 1.29 is 9.47 Å². The molecule has 5 nitrogen and oxygen atoms in total. The molecule has 0 aliphatic carbocycles. The Kier molecular flexibility index (Phi) is 5.73. The van der Waals surface area contributed by atoms with Gasteiger partial charge in [0.1, 0.15) is 11.9 Å². The van der Waals surface area contributed by atoms with Crippen LogP contribution in [0.25, 0.3) is 0 Å². The number of hydrogen-bond acceptors (Lipinski definition) is 4. The molecule has 0 bridgehead atoms. The Bertz CT molecular complexity index is 221. The number of ether oxygens (including phenoxy) is 2. The van der Waals surface area contributed by atoms with Crippen molar-refractivity contribution in [3.63, 3.8) is 0 Å². The monoisotopic (exact) mass is 229 g/mol. The summed E-state index contributed by atoms with van der Waals surface area (Å²) in [5.41, 5.74) is 5.42. The van der Waals surface area contributed by atoms with Gasteiger partial charge in [0, 0.05) is 26.2 Å². The van der Waals surface area contributed by atoms with E-state index in [9.17, 15) is 0 Å². The van der Waals surface area contributed by atoms with E-state index in [0.717, 1.165) is 26.3 Å². The Hall–Kier alpha value is -0.650. The van der Waals surface area contributed by atoms with Gasteiger partial charge in [0.25, 0.3) is 0 Å². The van der Waals surface area contributed by atoms with Crippen LogP contribution in [0, 0.1) is 11.3 Å². The Balaban J connectivity index is 2.14. The lowest BCUT2D eigenvalue weighted by molar-refractivity contribution is -0.00787. The smallest absolute Gasteiger partial charge is 0.127 e. The lowest BCUT2D eigenvalue weighted by atomic mass is 10.2. The SMILES string of the molecule is CC(C)COCCN1CCOC(C(=N)N)C1. The first-order chi connectivity index (χ1) is 7.59. The van der Waals surface area contributed by atoms with Crippen molar-refractivity contribution in [1.82, 2.24) is 4.90 Å². The van der Waals surface area contributed by atoms with Crippen LogP contribution in [0.2, 0.25) is 0 Å². The lowest BCUT2D eigenvalue weighted by Crippen LogP contribution is -2.48. The average molecular weight is 229 g/mol. The number of nitrogens with zero attached hydrogens (tertiary/aromatic N) is 1. The third-order valence-electron chi connectivity index (χ3n) is 2.50. The third-order valence-corrected chi connectivity index (χ3v) is 2.50. The maximum absolute atomic E-state index is 7.34. The van der Waals surface area contributed by atoms with E-state index < -0.39 is 0 Å². The summed E-state index contributed by atoms with van der Waals surface area (Å²) in [5, 5.41) is 7.34. The number of nitrogens with two attached hydrogens (primary N) is 1. The van der Waals surface area contributed by atoms with E-state index in [0.29, 0.717) is 19.1 Å². The van der Waals surface area contributed by atoms with Crippen molar-refractivity contribution in [2.45, 2.75) is 20.0 Å². The van der Waals surface area contributed by atoms with Crippen LogP contribution >= 0.6 is 0 Å². The molecule has 0 aromatic carbocycles. The second-order valence-electron chi connectivity index (χ2n) is 4.58. The second kappa shape index (κ2) is 6.83. The molecule has 1 saturated heterocycles. The summed E-state index contributed by atoms with van der Waals surface area (Å²) in [4.78, 5) is 2.23. The summed E-state index contributed by atoms with van der Waals surface area (Å²) in [5.74, 6) is 0.697. The fraction of sp³-hybridized carbons (Fsp3) is 0.909. The average Bonchev–Trinajstić information content (AvgIpc) is 2.24. The molecule has 1 atom stereocenters. The van der Waals surface area contributed by atoms with E-state index >= 15 is 0 Å². The molecule has 0 saturated carbocycles. The molecule has 1 heterocycles. The van der Waals surface area contributed by atoms with Gasteiger partial charge in [-0.15, -0.1) is 0 Å². The molecule has 16 heavy (non-hydrogen) atoms. The minimum Gasteiger partial charge on any atom is -0.385 e. The number of morpholine rings is 1. The van der Waals surface area contributed by atoms with Crippen molar-refractivity contribution in [3.05, 3.63) is 0 Å². The number of rotatable bonds is 6. The molecule has 0 radical (unpaired) electrons. The summed E-state index contributed by atoms with van der Waals surface area (Å²) in [6.07, 6.45) is -0.237. The topological polar surface area (TPSA) is 71.6 Å². The molecule has 0 aromatic rings. The standard InChI is InChI=1S/C11H23N3O2/c1-9(2)8-15-5-3-14-4-6-16-10(7-14)11(12)13/h9-10H,3-8H2,1-2H3,(H3,12,13). The van der Waals surface area contributed by atoms with Crippen LogP contribution < -0.4 is 5.73 Å². The van der Waals surface area contributed by atoms with Gasteiger partial charge in [-0.3, -0.25) is 10.3 Å². The van der Waals surface area contributed by atoms with E-state index in [2.05, 4.69) is 18.7 Å². The molecule has 0 amide bonds. The van der Waals surface area contributed by atoms with Gasteiger partial charge >= 0.3 is 0 Å². The van der Waals surface area contributed by atoms with Crippen molar-refractivity contribution in [3.8, 4) is 0 Å². The van der Waals surface area contributed by atoms with Crippen molar-refractivity contribution in [1.29, 1.82) is 5.41 Å². The van der Waals surface area contributed by atoms with Crippen LogP contribution in [0.4, 0.5) is 0 Å². The Morgan fingerprint density at radius 3 is 3.00 bits per heavy atom. The van der Waals surface area contributed by atoms with E-state index in [1.807, 2.05) is 0 Å². The van der Waals surface area contributed by atoms with Crippen LogP contribution in [0.1, 0.15) is 13.8 Å². The first-order valence-electron chi connectivity index (χ1n) is 5.85. The van der Waals surface area contributed by atoms with Crippen molar-refractivity contribution in [2.75, 3.05) is 39.5 Å². The predicted octanol–water partition coefficient (Wildman–Crippen LogP) is 0.296. The maximum Gasteiger partial charge on any atom is 0.127 e. The van der Waals surface area contributed by atoms with Crippen molar-refractivity contribution >= 4 is 5.84 Å². The van der Waals surface area contributed by atoms with Crippen LogP contribution in [0.15, 0.2) is 0 Å². The van der Waals surface area contributed by atoms with Gasteiger partial charge < -0.3 is 15.2 Å². The first kappa shape index (κ1) is 13.4. The predicted molar refractivity (Wildman–Crippen MR) is 63.8 cm³/mol. The van der Waals surface area contributed by atoms with E-state index in [-0.39, 0.29) is 11.9 Å². The second-order valence-corrected chi connectivity index (χ2v) is 4.58. The molecule has 0 spiro atoms. The minimum absolute atomic E-state index is 0.118. The largest absolute Gasteiger partial charge is 0.385 e. The first-order valence-corrected chi connectivity index (χ1v) is 5.85. The van der Waals surface area contributed by atoms with Gasteiger partial charge in [0.2, 0.25) is 0 Å². The highest BCUT2D eigenvalue weighted by molar-refractivity contribution is 5.82. The molecular formula is C11H23N3O2. The molecule has 1 aliphatic rings. The van der Waals surface area contributed by atoms with E-state index in [1.54, 1.807) is 0 Å². The molecule has 1 rings (SSSR count). The maximum atomic E-state index is 7.34. The summed E-state index contributed by atoms with van der Waals surface area (Å²) in [6, 6.07) is 0. The lowest BCUT2D eigenvalue weighted by Gasteiger charge is -2.32. The van der Waals surface area contributed by atoms with Crippen LogP contribution in [0.5, 0.6) is 0 Å². The summed E-state index contributed by atoms with van der Waals surface area (Å²) in [6.45, 7) is 8.97. The number of hydrogen-bond donors (Lipinski definition) is 2. The van der Waals surface area contributed by atoms with Gasteiger partial charge in [0.15, 0.2) is 0 Å². The van der Waals surface area contributed by atoms with Gasteiger partial charge in [-0.05, 0) is 5.92 Å². The Labute approximate surface area is 97.4 Å². The van der Waals surface area contributed by atoms with E-state index in [1.165, 1.54) is 0 Å². The Morgan fingerprint density at radius 2 is 2.38 bits per heavy atom. The minimum atomic E-state index is -0.237. The zero-order chi connectivity index (χ0) is 12.0. The van der Waals surface area contributed by atoms with Gasteiger partial charge in [-0.1, -0.05) is 13.8 Å². The van der Waals surface area contributed by atoms with Gasteiger partial charge in [-0.2, -0.15) is 0 Å². The molecular weight excluding hydrogens is 206 g/mol. The number of amidine groups is 1. The molecule has 1 aliphatic heterocycles. The quantitative estimate of drug-likeness (QED) is 0.390. The van der Waals surface area contributed by atoms with Crippen molar-refractivity contribution in [2.24, 2.45) is 11.7 Å². The molecule has 3 N–H and O–H groups in total. The molecule has 0 aromatic heterocycles. The summed E-state index contributed by atoms with van der Waals surface area (Å²) < 4.78 is 10.9. The molecule has 1 unspecified atom stereocenters. The summed E-state index contributed by atoms with van der Waals surface area (Å²) >= 11 is 0. The zero-order valence-electron chi connectivity index (χ0n) is 10.2. The fourth-order valence-electron chi connectivity index (χ4n) is 1.61. The molecule has 5 heteroatoms. The highest BCUT2D eigenvalue weighted by Gasteiger charge is 2.22. The van der Waals surface area contributed by atoms with Crippen LogP contribution in [-0.4, -0.2) is 56.3 Å². The highest BCUT2D eigenvalue weighted by atomic mass is 16.5. The Morgan fingerprint density at radius 1 is 1.62 bits per heavy atom. The normalized spacial score (nSPS) is 22.6. The van der Waals surface area contributed by atoms with Gasteiger partial charge in [-0.25, -0.2) is 0 Å². The number of nitrogens with one attached hydrogen (secondary N) is 1. The van der Waals surface area contributed by atoms with Gasteiger partial charge in [0.05, 0.1) is 13.2 Å². The molecule has 94 valence electrons. The highest BCUT2D eigenvalue weighted by Crippen LogP contribution is 2.04. The molecule has 1 fully saturated rings.